The molecule has 2 aromatic heterocycles. The first-order valence-electron chi connectivity index (χ1n) is 11.6. The minimum atomic E-state index is -1.20. The summed E-state index contributed by atoms with van der Waals surface area (Å²) in [6.45, 7) is 0.437. The molecule has 2 atom stereocenters. The van der Waals surface area contributed by atoms with Crippen LogP contribution in [0.4, 0.5) is 30.8 Å². The third-order valence-corrected chi connectivity index (χ3v) is 6.70. The fourth-order valence-corrected chi connectivity index (χ4v) is 4.77. The first-order valence-corrected chi connectivity index (χ1v) is 11.6. The minimum absolute atomic E-state index is 0.00319. The van der Waals surface area contributed by atoms with Crippen LogP contribution in [0.1, 0.15) is 38.1 Å². The molecule has 3 heterocycles. The molecule has 186 valence electrons. The fraction of sp³-hybridized carbons (Fsp3) is 0.478. The molecule has 5 rings (SSSR count). The number of aromatic nitrogens is 4. The van der Waals surface area contributed by atoms with E-state index in [1.807, 2.05) is 0 Å². The highest BCUT2D eigenvalue weighted by Crippen LogP contribution is 2.37. The number of primary amides is 1. The highest BCUT2D eigenvalue weighted by atomic mass is 19.1. The standard InChI is InChI=1S/C23H26F3N7O2/c24-14-2-1-3-15(25)19(14)31-23-30-18-10-28-22(29-17-8-9-35-11-16(17)26)32-21(18)33(23)13-6-4-12(5-7-13)20(27)34/h1-3,10,12-13,16-17H,4-9,11H2,(H2,27,34)(H,30,31)(H,28,29,32)/t12-,13-,16-,17+/m1/s1. The molecule has 4 N–H and O–H groups in total. The van der Waals surface area contributed by atoms with Crippen LogP contribution in [-0.4, -0.2) is 50.9 Å². The van der Waals surface area contributed by atoms with E-state index in [1.54, 1.807) is 4.57 Å². The van der Waals surface area contributed by atoms with Crippen LogP contribution >= 0.6 is 0 Å². The van der Waals surface area contributed by atoms with Crippen LogP contribution in [-0.2, 0) is 9.53 Å². The number of benzene rings is 1. The third-order valence-electron chi connectivity index (χ3n) is 6.70. The van der Waals surface area contributed by atoms with E-state index in [1.165, 1.54) is 12.3 Å². The second kappa shape index (κ2) is 9.68. The van der Waals surface area contributed by atoms with E-state index in [2.05, 4.69) is 25.6 Å². The van der Waals surface area contributed by atoms with Crippen LogP contribution in [0.15, 0.2) is 24.4 Å². The maximum absolute atomic E-state index is 14.4. The molecule has 2 aliphatic rings. The molecule has 1 saturated carbocycles. The average Bonchev–Trinajstić information content (AvgIpc) is 3.20. The lowest BCUT2D eigenvalue weighted by molar-refractivity contribution is -0.122. The van der Waals surface area contributed by atoms with Gasteiger partial charge in [-0.2, -0.15) is 4.98 Å². The number of rotatable bonds is 6. The quantitative estimate of drug-likeness (QED) is 0.484. The van der Waals surface area contributed by atoms with Gasteiger partial charge in [0.25, 0.3) is 0 Å². The van der Waals surface area contributed by atoms with Crippen molar-refractivity contribution in [2.45, 2.75) is 50.4 Å². The number of carbonyl (C=O) groups excluding carboxylic acids is 1. The normalized spacial score (nSPS) is 24.9. The van der Waals surface area contributed by atoms with Gasteiger partial charge in [0, 0.05) is 18.6 Å². The highest BCUT2D eigenvalue weighted by Gasteiger charge is 2.30. The van der Waals surface area contributed by atoms with Gasteiger partial charge < -0.3 is 21.1 Å². The molecule has 35 heavy (non-hydrogen) atoms. The molecule has 2 fully saturated rings. The molecule has 0 unspecified atom stereocenters. The number of anilines is 3. The van der Waals surface area contributed by atoms with Gasteiger partial charge in [-0.25, -0.2) is 23.1 Å². The maximum atomic E-state index is 14.4. The summed E-state index contributed by atoms with van der Waals surface area (Å²) in [6.07, 6.45) is 3.13. The number of imidazole rings is 1. The SMILES string of the molecule is NC(=O)[C@H]1CC[C@H](n2c(Nc3c(F)cccc3F)nc3cnc(N[C@H]4CCOC[C@H]4F)nc32)CC1. The monoisotopic (exact) mass is 489 g/mol. The van der Waals surface area contributed by atoms with Crippen molar-refractivity contribution < 1.29 is 22.7 Å². The molecule has 1 aliphatic carbocycles. The van der Waals surface area contributed by atoms with Crippen LogP contribution < -0.4 is 16.4 Å². The first kappa shape index (κ1) is 23.3. The molecular formula is C23H26F3N7O2. The van der Waals surface area contributed by atoms with Crippen molar-refractivity contribution in [2.75, 3.05) is 23.8 Å². The number of hydrogen-bond donors (Lipinski definition) is 3. The number of halogens is 3. The van der Waals surface area contributed by atoms with Gasteiger partial charge in [-0.05, 0) is 44.2 Å². The van der Waals surface area contributed by atoms with E-state index in [4.69, 9.17) is 10.5 Å². The lowest BCUT2D eigenvalue weighted by Crippen LogP contribution is -2.39. The predicted octanol–water partition coefficient (Wildman–Crippen LogP) is 3.60. The van der Waals surface area contributed by atoms with Gasteiger partial charge in [0.05, 0.1) is 18.8 Å². The maximum Gasteiger partial charge on any atom is 0.225 e. The van der Waals surface area contributed by atoms with Crippen molar-refractivity contribution >= 4 is 34.7 Å². The van der Waals surface area contributed by atoms with Gasteiger partial charge in [0.15, 0.2) is 5.65 Å². The summed E-state index contributed by atoms with van der Waals surface area (Å²) in [7, 11) is 0. The van der Waals surface area contributed by atoms with Gasteiger partial charge in [0.1, 0.15) is 29.0 Å². The summed E-state index contributed by atoms with van der Waals surface area (Å²) in [5, 5.41) is 5.82. The number of fused-ring (bicyclic) bond motifs is 1. The number of ether oxygens (including phenoxy) is 1. The number of alkyl halides is 1. The van der Waals surface area contributed by atoms with Crippen LogP contribution in [0.25, 0.3) is 11.2 Å². The zero-order chi connectivity index (χ0) is 24.5. The summed E-state index contributed by atoms with van der Waals surface area (Å²) in [4.78, 5) is 25.0. The van der Waals surface area contributed by atoms with E-state index in [0.717, 1.165) is 12.1 Å². The molecular weight excluding hydrogens is 463 g/mol. The number of nitrogens with zero attached hydrogens (tertiary/aromatic N) is 4. The van der Waals surface area contributed by atoms with Gasteiger partial charge in [-0.1, -0.05) is 6.07 Å². The molecule has 0 radical (unpaired) electrons. The minimum Gasteiger partial charge on any atom is -0.378 e. The Bertz CT molecular complexity index is 1210. The summed E-state index contributed by atoms with van der Waals surface area (Å²) in [6, 6.07) is 2.95. The number of hydrogen-bond acceptors (Lipinski definition) is 7. The third kappa shape index (κ3) is 4.75. The summed E-state index contributed by atoms with van der Waals surface area (Å²) in [5.41, 5.74) is 6.00. The summed E-state index contributed by atoms with van der Waals surface area (Å²) in [5.74, 6) is -1.65. The van der Waals surface area contributed by atoms with Crippen LogP contribution in [0, 0.1) is 17.6 Å². The van der Waals surface area contributed by atoms with Crippen LogP contribution in [0.3, 0.4) is 0 Å². The van der Waals surface area contributed by atoms with Crippen molar-refractivity contribution in [3.8, 4) is 0 Å². The Balaban J connectivity index is 1.52. The predicted molar refractivity (Wildman–Crippen MR) is 123 cm³/mol. The second-order valence-corrected chi connectivity index (χ2v) is 8.97. The van der Waals surface area contributed by atoms with E-state index >= 15 is 0 Å². The topological polar surface area (TPSA) is 120 Å². The Morgan fingerprint density at radius 2 is 1.86 bits per heavy atom. The molecule has 9 nitrogen and oxygen atoms in total. The smallest absolute Gasteiger partial charge is 0.225 e. The van der Waals surface area contributed by atoms with Gasteiger partial charge in [-0.3, -0.25) is 9.36 Å². The molecule has 3 aromatic rings. The number of para-hydroxylation sites is 1. The molecule has 1 aliphatic heterocycles. The average molecular weight is 490 g/mol. The number of amides is 1. The molecule has 12 heteroatoms. The summed E-state index contributed by atoms with van der Waals surface area (Å²) < 4.78 is 50.0. The van der Waals surface area contributed by atoms with Crippen LogP contribution in [0.2, 0.25) is 0 Å². The zero-order valence-electron chi connectivity index (χ0n) is 18.9. The lowest BCUT2D eigenvalue weighted by atomic mass is 9.85. The Labute approximate surface area is 199 Å². The Hall–Kier alpha value is -3.41. The van der Waals surface area contributed by atoms with Crippen molar-refractivity contribution in [2.24, 2.45) is 11.7 Å². The Morgan fingerprint density at radius 1 is 1.11 bits per heavy atom. The van der Waals surface area contributed by atoms with Crippen molar-refractivity contribution in [1.82, 2.24) is 19.5 Å². The molecule has 1 amide bonds. The Morgan fingerprint density at radius 3 is 2.54 bits per heavy atom. The van der Waals surface area contributed by atoms with Gasteiger partial charge in [0.2, 0.25) is 17.8 Å². The van der Waals surface area contributed by atoms with Crippen LogP contribution in [0.5, 0.6) is 0 Å². The summed E-state index contributed by atoms with van der Waals surface area (Å²) >= 11 is 0. The van der Waals surface area contributed by atoms with E-state index in [-0.39, 0.29) is 42.1 Å². The number of nitrogens with one attached hydrogen (secondary N) is 2. The molecule has 1 saturated heterocycles. The highest BCUT2D eigenvalue weighted by molar-refractivity contribution is 5.78. The molecule has 0 bridgehead atoms. The molecule has 1 aromatic carbocycles. The van der Waals surface area contributed by atoms with Crippen molar-refractivity contribution in [3.63, 3.8) is 0 Å². The second-order valence-electron chi connectivity index (χ2n) is 8.97. The number of nitrogens with two attached hydrogens (primary N) is 1. The van der Waals surface area contributed by atoms with Gasteiger partial charge >= 0.3 is 0 Å². The lowest BCUT2D eigenvalue weighted by Gasteiger charge is -2.29. The van der Waals surface area contributed by atoms with E-state index in [9.17, 15) is 18.0 Å². The van der Waals surface area contributed by atoms with Gasteiger partial charge in [-0.15, -0.1) is 0 Å². The first-order chi connectivity index (χ1) is 16.9. The largest absolute Gasteiger partial charge is 0.378 e. The molecule has 0 spiro atoms. The zero-order valence-corrected chi connectivity index (χ0v) is 18.9. The number of carbonyl (C=O) groups is 1. The van der Waals surface area contributed by atoms with E-state index in [0.29, 0.717) is 49.9 Å². The van der Waals surface area contributed by atoms with Crippen molar-refractivity contribution in [3.05, 3.63) is 36.0 Å². The fourth-order valence-electron chi connectivity index (χ4n) is 4.77. The van der Waals surface area contributed by atoms with Crippen molar-refractivity contribution in [1.29, 1.82) is 0 Å². The Kier molecular flexibility index (Phi) is 6.46. The van der Waals surface area contributed by atoms with E-state index < -0.39 is 23.8 Å².